The molecule has 2 heterocycles. The van der Waals surface area contributed by atoms with E-state index in [2.05, 4.69) is 34.7 Å². The minimum Gasteiger partial charge on any atom is -0.323 e. The van der Waals surface area contributed by atoms with E-state index in [0.717, 1.165) is 30.5 Å². The molecule has 0 unspecified atom stereocenters. The van der Waals surface area contributed by atoms with Crippen LogP contribution >= 0.6 is 11.3 Å². The van der Waals surface area contributed by atoms with Crippen LogP contribution in [0.2, 0.25) is 0 Å². The Bertz CT molecular complexity index is 932. The van der Waals surface area contributed by atoms with Crippen molar-refractivity contribution in [2.24, 2.45) is 0 Å². The Balaban J connectivity index is 1.33. The highest BCUT2D eigenvalue weighted by Gasteiger charge is 2.52. The molecule has 1 aliphatic carbocycles. The number of urea groups is 1. The Morgan fingerprint density at radius 3 is 2.66 bits per heavy atom. The number of amides is 4. The summed E-state index contributed by atoms with van der Waals surface area (Å²) < 4.78 is 0. The van der Waals surface area contributed by atoms with E-state index in [9.17, 15) is 14.4 Å². The van der Waals surface area contributed by atoms with E-state index < -0.39 is 11.6 Å². The van der Waals surface area contributed by atoms with E-state index in [1.165, 1.54) is 21.8 Å². The van der Waals surface area contributed by atoms with Crippen LogP contribution in [0.1, 0.15) is 44.6 Å². The summed E-state index contributed by atoms with van der Waals surface area (Å²) in [4.78, 5) is 42.7. The molecule has 2 aromatic rings. The zero-order chi connectivity index (χ0) is 20.4. The smallest absolute Gasteiger partial charge is 0.323 e. The van der Waals surface area contributed by atoms with E-state index in [1.807, 2.05) is 17.5 Å². The molecule has 2 fully saturated rings. The third kappa shape index (κ3) is 3.89. The maximum absolute atomic E-state index is 12.6. The number of hydrogen-bond acceptors (Lipinski definition) is 5. The molecule has 0 radical (unpaired) electrons. The van der Waals surface area contributed by atoms with E-state index in [-0.39, 0.29) is 24.8 Å². The zero-order valence-electron chi connectivity index (χ0n) is 16.4. The Morgan fingerprint density at radius 1 is 1.24 bits per heavy atom. The quantitative estimate of drug-likeness (QED) is 0.710. The highest BCUT2D eigenvalue weighted by molar-refractivity contribution is 7.14. The van der Waals surface area contributed by atoms with Crippen molar-refractivity contribution < 1.29 is 14.4 Å². The SMILES string of the molecule is CCc1ccc(-c2csc(NC(=O)CCN3C(=O)NC4(CCCC4)C3=O)n2)cc1. The van der Waals surface area contributed by atoms with Gasteiger partial charge in [-0.25, -0.2) is 9.78 Å². The second-order valence-electron chi connectivity index (χ2n) is 7.56. The zero-order valence-corrected chi connectivity index (χ0v) is 17.2. The van der Waals surface area contributed by atoms with Crippen LogP contribution in [0.15, 0.2) is 29.6 Å². The number of nitrogens with zero attached hydrogens (tertiary/aromatic N) is 2. The van der Waals surface area contributed by atoms with Crippen molar-refractivity contribution >= 4 is 34.3 Å². The number of anilines is 1. The number of carbonyl (C=O) groups excluding carboxylic acids is 3. The second-order valence-corrected chi connectivity index (χ2v) is 8.42. The summed E-state index contributed by atoms with van der Waals surface area (Å²) in [5.74, 6) is -0.458. The van der Waals surface area contributed by atoms with Crippen LogP contribution in [0, 0.1) is 0 Å². The van der Waals surface area contributed by atoms with Crippen LogP contribution in [-0.2, 0) is 16.0 Å². The van der Waals surface area contributed by atoms with Crippen molar-refractivity contribution in [1.82, 2.24) is 15.2 Å². The number of hydrogen-bond donors (Lipinski definition) is 2. The van der Waals surface area contributed by atoms with Gasteiger partial charge in [-0.1, -0.05) is 44.0 Å². The molecule has 1 spiro atoms. The maximum atomic E-state index is 12.6. The molecule has 1 aromatic carbocycles. The van der Waals surface area contributed by atoms with Gasteiger partial charge in [0.15, 0.2) is 5.13 Å². The van der Waals surface area contributed by atoms with Gasteiger partial charge in [0.1, 0.15) is 5.54 Å². The first kappa shape index (κ1) is 19.6. The van der Waals surface area contributed by atoms with Crippen molar-refractivity contribution in [2.45, 2.75) is 51.0 Å². The predicted molar refractivity (Wildman–Crippen MR) is 112 cm³/mol. The Morgan fingerprint density at radius 2 is 1.97 bits per heavy atom. The number of aromatic nitrogens is 1. The number of thiazole rings is 1. The lowest BCUT2D eigenvalue weighted by molar-refractivity contribution is -0.131. The van der Waals surface area contributed by atoms with Crippen LogP contribution in [-0.4, -0.2) is 39.8 Å². The number of benzene rings is 1. The number of nitrogens with one attached hydrogen (secondary N) is 2. The molecule has 4 amide bonds. The summed E-state index contributed by atoms with van der Waals surface area (Å²) in [6, 6.07) is 7.80. The lowest BCUT2D eigenvalue weighted by atomic mass is 9.98. The first-order chi connectivity index (χ1) is 14.0. The average Bonchev–Trinajstić information content (AvgIpc) is 3.43. The monoisotopic (exact) mass is 412 g/mol. The van der Waals surface area contributed by atoms with E-state index in [1.54, 1.807) is 0 Å². The topological polar surface area (TPSA) is 91.4 Å². The summed E-state index contributed by atoms with van der Waals surface area (Å²) in [7, 11) is 0. The van der Waals surface area contributed by atoms with Gasteiger partial charge in [0.05, 0.1) is 5.69 Å². The number of carbonyl (C=O) groups is 3. The van der Waals surface area contributed by atoms with Crippen LogP contribution < -0.4 is 10.6 Å². The molecule has 8 heteroatoms. The third-order valence-corrected chi connectivity index (χ3v) is 6.43. The lowest BCUT2D eigenvalue weighted by Crippen LogP contribution is -2.44. The highest BCUT2D eigenvalue weighted by atomic mass is 32.1. The van der Waals surface area contributed by atoms with Gasteiger partial charge in [-0.2, -0.15) is 0 Å². The molecule has 1 saturated carbocycles. The van der Waals surface area contributed by atoms with Gasteiger partial charge in [0.25, 0.3) is 5.91 Å². The summed E-state index contributed by atoms with van der Waals surface area (Å²) in [6.07, 6.45) is 4.28. The molecule has 2 aliphatic rings. The summed E-state index contributed by atoms with van der Waals surface area (Å²) in [6.45, 7) is 2.19. The minimum atomic E-state index is -0.731. The fourth-order valence-electron chi connectivity index (χ4n) is 3.97. The third-order valence-electron chi connectivity index (χ3n) is 5.67. The molecule has 7 nitrogen and oxygen atoms in total. The van der Waals surface area contributed by atoms with Crippen molar-refractivity contribution in [3.8, 4) is 11.3 Å². The molecular weight excluding hydrogens is 388 g/mol. The van der Waals surface area contributed by atoms with Crippen LogP contribution in [0.25, 0.3) is 11.3 Å². The summed E-state index contributed by atoms with van der Waals surface area (Å²) >= 11 is 1.35. The van der Waals surface area contributed by atoms with Gasteiger partial charge < -0.3 is 10.6 Å². The molecular formula is C21H24N4O3S. The first-order valence-electron chi connectivity index (χ1n) is 9.99. The van der Waals surface area contributed by atoms with Gasteiger partial charge in [-0.3, -0.25) is 14.5 Å². The van der Waals surface area contributed by atoms with Gasteiger partial charge in [0, 0.05) is 23.9 Å². The summed E-state index contributed by atoms with van der Waals surface area (Å²) in [5.41, 5.74) is 2.34. The molecule has 0 bridgehead atoms. The number of aryl methyl sites for hydroxylation is 1. The Kier molecular flexibility index (Phi) is 5.36. The number of rotatable bonds is 6. The van der Waals surface area contributed by atoms with Crippen molar-refractivity contribution in [3.63, 3.8) is 0 Å². The van der Waals surface area contributed by atoms with Gasteiger partial charge >= 0.3 is 6.03 Å². The Hall–Kier alpha value is -2.74. The molecule has 4 rings (SSSR count). The van der Waals surface area contributed by atoms with Gasteiger partial charge in [-0.05, 0) is 24.8 Å². The van der Waals surface area contributed by atoms with Crippen molar-refractivity contribution in [1.29, 1.82) is 0 Å². The van der Waals surface area contributed by atoms with E-state index in [0.29, 0.717) is 18.0 Å². The molecule has 152 valence electrons. The number of imide groups is 1. The van der Waals surface area contributed by atoms with Crippen LogP contribution in [0.4, 0.5) is 9.93 Å². The fraction of sp³-hybridized carbons (Fsp3) is 0.429. The first-order valence-corrected chi connectivity index (χ1v) is 10.9. The molecule has 2 N–H and O–H groups in total. The maximum Gasteiger partial charge on any atom is 0.325 e. The lowest BCUT2D eigenvalue weighted by Gasteiger charge is -2.19. The largest absolute Gasteiger partial charge is 0.325 e. The highest BCUT2D eigenvalue weighted by Crippen LogP contribution is 2.35. The normalized spacial score (nSPS) is 17.8. The molecule has 1 aliphatic heterocycles. The average molecular weight is 413 g/mol. The van der Waals surface area contributed by atoms with Crippen molar-refractivity contribution in [2.75, 3.05) is 11.9 Å². The van der Waals surface area contributed by atoms with Crippen LogP contribution in [0.5, 0.6) is 0 Å². The fourth-order valence-corrected chi connectivity index (χ4v) is 4.70. The molecule has 29 heavy (non-hydrogen) atoms. The van der Waals surface area contributed by atoms with E-state index >= 15 is 0 Å². The predicted octanol–water partition coefficient (Wildman–Crippen LogP) is 3.57. The standard InChI is InChI=1S/C21H24N4O3S/c1-2-14-5-7-15(8-6-14)16-13-29-19(22-16)23-17(26)9-12-25-18(27)21(24-20(25)28)10-3-4-11-21/h5-8,13H,2-4,9-12H2,1H3,(H,24,28)(H,22,23,26). The van der Waals surface area contributed by atoms with E-state index in [4.69, 9.17) is 0 Å². The van der Waals surface area contributed by atoms with Crippen LogP contribution in [0.3, 0.4) is 0 Å². The Labute approximate surface area is 173 Å². The molecule has 1 aromatic heterocycles. The van der Waals surface area contributed by atoms with Crippen molar-refractivity contribution in [3.05, 3.63) is 35.2 Å². The minimum absolute atomic E-state index is 0.0509. The molecule has 0 atom stereocenters. The molecule has 1 saturated heterocycles. The second kappa shape index (κ2) is 7.94. The van der Waals surface area contributed by atoms with Gasteiger partial charge in [0.2, 0.25) is 5.91 Å². The van der Waals surface area contributed by atoms with Gasteiger partial charge in [-0.15, -0.1) is 11.3 Å². The summed E-state index contributed by atoms with van der Waals surface area (Å²) in [5, 5.41) is 8.00.